The van der Waals surface area contributed by atoms with Crippen molar-refractivity contribution in [2.24, 2.45) is 0 Å². The summed E-state index contributed by atoms with van der Waals surface area (Å²) in [6, 6.07) is 13.5. The fourth-order valence-electron chi connectivity index (χ4n) is 2.02. The lowest BCUT2D eigenvalue weighted by Gasteiger charge is -2.18. The van der Waals surface area contributed by atoms with E-state index >= 15 is 0 Å². The molecular weight excluding hydrogens is 224 g/mol. The standard InChI is InChI=1S/C16H18O2/c1-11-7-4-5-10-16(11)18-13(3)14-8-6-9-15(17)12(14)2/h4-10,13,17H,1-3H3. The van der Waals surface area contributed by atoms with Gasteiger partial charge in [0.15, 0.2) is 0 Å². The van der Waals surface area contributed by atoms with E-state index in [0.29, 0.717) is 5.75 Å². The first-order valence-electron chi connectivity index (χ1n) is 6.10. The van der Waals surface area contributed by atoms with Gasteiger partial charge in [-0.05, 0) is 49.6 Å². The van der Waals surface area contributed by atoms with Crippen molar-refractivity contribution in [2.75, 3.05) is 0 Å². The van der Waals surface area contributed by atoms with Crippen LogP contribution in [0, 0.1) is 13.8 Å². The number of para-hydroxylation sites is 1. The predicted octanol–water partition coefficient (Wildman–Crippen LogP) is 4.15. The van der Waals surface area contributed by atoms with E-state index in [-0.39, 0.29) is 6.10 Å². The summed E-state index contributed by atoms with van der Waals surface area (Å²) < 4.78 is 5.96. The Bertz CT molecular complexity index is 547. The normalized spacial score (nSPS) is 12.2. The zero-order valence-corrected chi connectivity index (χ0v) is 11.0. The highest BCUT2D eigenvalue weighted by Gasteiger charge is 2.12. The highest BCUT2D eigenvalue weighted by molar-refractivity contribution is 5.40. The van der Waals surface area contributed by atoms with Gasteiger partial charge < -0.3 is 9.84 Å². The molecule has 0 radical (unpaired) electrons. The Morgan fingerprint density at radius 2 is 1.72 bits per heavy atom. The summed E-state index contributed by atoms with van der Waals surface area (Å²) in [5.74, 6) is 1.19. The predicted molar refractivity (Wildman–Crippen MR) is 73.1 cm³/mol. The summed E-state index contributed by atoms with van der Waals surface area (Å²) in [5, 5.41) is 9.71. The van der Waals surface area contributed by atoms with Gasteiger partial charge in [0.2, 0.25) is 0 Å². The molecule has 0 amide bonds. The largest absolute Gasteiger partial charge is 0.508 e. The Labute approximate surface area is 108 Å². The molecule has 0 saturated heterocycles. The minimum Gasteiger partial charge on any atom is -0.508 e. The second-order valence-corrected chi connectivity index (χ2v) is 4.52. The molecule has 1 N–H and O–H groups in total. The third kappa shape index (κ3) is 2.48. The maximum Gasteiger partial charge on any atom is 0.123 e. The molecule has 2 aromatic rings. The second kappa shape index (κ2) is 5.13. The van der Waals surface area contributed by atoms with E-state index in [1.807, 2.05) is 57.2 Å². The van der Waals surface area contributed by atoms with Crippen LogP contribution >= 0.6 is 0 Å². The molecule has 0 spiro atoms. The van der Waals surface area contributed by atoms with Crippen LogP contribution in [0.5, 0.6) is 11.5 Å². The van der Waals surface area contributed by atoms with Gasteiger partial charge in [0.1, 0.15) is 17.6 Å². The molecule has 1 atom stereocenters. The fourth-order valence-corrected chi connectivity index (χ4v) is 2.02. The number of phenols is 1. The van der Waals surface area contributed by atoms with Crippen LogP contribution in [0.2, 0.25) is 0 Å². The Morgan fingerprint density at radius 3 is 2.44 bits per heavy atom. The van der Waals surface area contributed by atoms with Gasteiger partial charge in [0.25, 0.3) is 0 Å². The van der Waals surface area contributed by atoms with Gasteiger partial charge >= 0.3 is 0 Å². The van der Waals surface area contributed by atoms with Crippen LogP contribution in [0.3, 0.4) is 0 Å². The molecule has 0 aliphatic carbocycles. The van der Waals surface area contributed by atoms with Gasteiger partial charge in [0, 0.05) is 0 Å². The lowest BCUT2D eigenvalue weighted by atomic mass is 10.0. The molecule has 2 heteroatoms. The van der Waals surface area contributed by atoms with E-state index in [2.05, 4.69) is 0 Å². The molecular formula is C16H18O2. The lowest BCUT2D eigenvalue weighted by Crippen LogP contribution is -2.05. The van der Waals surface area contributed by atoms with Crippen molar-refractivity contribution < 1.29 is 9.84 Å². The van der Waals surface area contributed by atoms with E-state index in [9.17, 15) is 5.11 Å². The second-order valence-electron chi connectivity index (χ2n) is 4.52. The first-order chi connectivity index (χ1) is 8.59. The summed E-state index contributed by atoms with van der Waals surface area (Å²) in [5.41, 5.74) is 3.00. The van der Waals surface area contributed by atoms with Gasteiger partial charge in [-0.15, -0.1) is 0 Å². The molecule has 2 nitrogen and oxygen atoms in total. The van der Waals surface area contributed by atoms with Crippen LogP contribution < -0.4 is 4.74 Å². The summed E-state index contributed by atoms with van der Waals surface area (Å²) in [7, 11) is 0. The number of hydrogen-bond donors (Lipinski definition) is 1. The van der Waals surface area contributed by atoms with Crippen molar-refractivity contribution in [1.82, 2.24) is 0 Å². The van der Waals surface area contributed by atoms with Crippen molar-refractivity contribution in [3.63, 3.8) is 0 Å². The summed E-state index contributed by atoms with van der Waals surface area (Å²) >= 11 is 0. The van der Waals surface area contributed by atoms with Crippen LogP contribution in [0.25, 0.3) is 0 Å². The molecule has 0 bridgehead atoms. The highest BCUT2D eigenvalue weighted by Crippen LogP contribution is 2.29. The van der Waals surface area contributed by atoms with Crippen molar-refractivity contribution >= 4 is 0 Å². The zero-order valence-electron chi connectivity index (χ0n) is 11.0. The van der Waals surface area contributed by atoms with Crippen molar-refractivity contribution in [3.8, 4) is 11.5 Å². The molecule has 0 aliphatic heterocycles. The summed E-state index contributed by atoms with van der Waals surface area (Å²) in [6.45, 7) is 5.92. The van der Waals surface area contributed by atoms with E-state index in [0.717, 1.165) is 22.4 Å². The lowest BCUT2D eigenvalue weighted by molar-refractivity contribution is 0.224. The first kappa shape index (κ1) is 12.5. The average molecular weight is 242 g/mol. The van der Waals surface area contributed by atoms with E-state index in [1.54, 1.807) is 6.07 Å². The van der Waals surface area contributed by atoms with Crippen LogP contribution in [-0.2, 0) is 0 Å². The quantitative estimate of drug-likeness (QED) is 0.876. The number of benzene rings is 2. The molecule has 2 rings (SSSR count). The first-order valence-corrected chi connectivity index (χ1v) is 6.10. The Morgan fingerprint density at radius 1 is 1.00 bits per heavy atom. The molecule has 0 aliphatic rings. The number of aromatic hydroxyl groups is 1. The highest BCUT2D eigenvalue weighted by atomic mass is 16.5. The smallest absolute Gasteiger partial charge is 0.123 e. The molecule has 94 valence electrons. The number of rotatable bonds is 3. The topological polar surface area (TPSA) is 29.5 Å². The molecule has 1 unspecified atom stereocenters. The molecule has 0 aromatic heterocycles. The van der Waals surface area contributed by atoms with Crippen LogP contribution in [0.4, 0.5) is 0 Å². The number of phenolic OH excluding ortho intramolecular Hbond substituents is 1. The number of aryl methyl sites for hydroxylation is 1. The maximum absolute atomic E-state index is 9.71. The van der Waals surface area contributed by atoms with E-state index in [4.69, 9.17) is 4.74 Å². The van der Waals surface area contributed by atoms with Gasteiger partial charge in [-0.2, -0.15) is 0 Å². The molecule has 0 saturated carbocycles. The SMILES string of the molecule is Cc1ccccc1OC(C)c1cccc(O)c1C. The molecule has 0 heterocycles. The minimum atomic E-state index is -0.0850. The Hall–Kier alpha value is -1.96. The molecule has 0 fully saturated rings. The summed E-state index contributed by atoms with van der Waals surface area (Å²) in [4.78, 5) is 0. The van der Waals surface area contributed by atoms with Crippen molar-refractivity contribution in [2.45, 2.75) is 26.9 Å². The average Bonchev–Trinajstić information content (AvgIpc) is 2.35. The third-order valence-corrected chi connectivity index (χ3v) is 3.18. The fraction of sp³-hybridized carbons (Fsp3) is 0.250. The monoisotopic (exact) mass is 242 g/mol. The van der Waals surface area contributed by atoms with Crippen LogP contribution in [0.1, 0.15) is 29.7 Å². The van der Waals surface area contributed by atoms with Gasteiger partial charge in [-0.25, -0.2) is 0 Å². The summed E-state index contributed by atoms with van der Waals surface area (Å²) in [6.07, 6.45) is -0.0850. The van der Waals surface area contributed by atoms with Gasteiger partial charge in [0.05, 0.1) is 0 Å². The molecule has 18 heavy (non-hydrogen) atoms. The number of hydrogen-bond acceptors (Lipinski definition) is 2. The van der Waals surface area contributed by atoms with E-state index < -0.39 is 0 Å². The number of ether oxygens (including phenoxy) is 1. The van der Waals surface area contributed by atoms with Gasteiger partial charge in [-0.3, -0.25) is 0 Å². The molecule has 2 aromatic carbocycles. The Balaban J connectivity index is 2.25. The van der Waals surface area contributed by atoms with Crippen molar-refractivity contribution in [1.29, 1.82) is 0 Å². The maximum atomic E-state index is 9.71. The Kier molecular flexibility index (Phi) is 3.56. The van der Waals surface area contributed by atoms with E-state index in [1.165, 1.54) is 0 Å². The third-order valence-electron chi connectivity index (χ3n) is 3.18. The van der Waals surface area contributed by atoms with Gasteiger partial charge in [-0.1, -0.05) is 30.3 Å². The zero-order chi connectivity index (χ0) is 13.1. The van der Waals surface area contributed by atoms with Crippen LogP contribution in [-0.4, -0.2) is 5.11 Å². The minimum absolute atomic E-state index is 0.0850. The van der Waals surface area contributed by atoms with Crippen LogP contribution in [0.15, 0.2) is 42.5 Å². The van der Waals surface area contributed by atoms with Crippen molar-refractivity contribution in [3.05, 3.63) is 59.2 Å².